The van der Waals surface area contributed by atoms with Crippen LogP contribution in [0.3, 0.4) is 0 Å². The predicted molar refractivity (Wildman–Crippen MR) is 122 cm³/mol. The first-order chi connectivity index (χ1) is 14.0. The van der Waals surface area contributed by atoms with Gasteiger partial charge in [-0.3, -0.25) is 9.59 Å². The Morgan fingerprint density at radius 1 is 1.10 bits per heavy atom. The largest absolute Gasteiger partial charge is 0.355 e. The van der Waals surface area contributed by atoms with Crippen LogP contribution in [-0.4, -0.2) is 35.1 Å². The van der Waals surface area contributed by atoms with Crippen LogP contribution >= 0.6 is 35.0 Å². The summed E-state index contributed by atoms with van der Waals surface area (Å²) in [6.07, 6.45) is 0.856. The van der Waals surface area contributed by atoms with E-state index in [1.54, 1.807) is 34.9 Å². The van der Waals surface area contributed by atoms with Crippen molar-refractivity contribution in [1.29, 1.82) is 0 Å². The number of hydrogen-bond acceptors (Lipinski definition) is 3. The molecule has 29 heavy (non-hydrogen) atoms. The lowest BCUT2D eigenvalue weighted by molar-refractivity contribution is -0.141. The first-order valence-electron chi connectivity index (χ1n) is 9.65. The summed E-state index contributed by atoms with van der Waals surface area (Å²) < 4.78 is 0. The highest BCUT2D eigenvalue weighted by Gasteiger charge is 2.28. The molecule has 0 aromatic heterocycles. The quantitative estimate of drug-likeness (QED) is 0.489. The SMILES string of the molecule is CCNC(=O)[C@H](CC)N(Cc1ccc(Cl)cc1Cl)C(=O)CCSc1ccccc1. The fourth-order valence-electron chi connectivity index (χ4n) is 2.96. The first kappa shape index (κ1) is 23.6. The number of halogens is 2. The summed E-state index contributed by atoms with van der Waals surface area (Å²) in [4.78, 5) is 28.4. The van der Waals surface area contributed by atoms with Crippen molar-refractivity contribution in [3.63, 3.8) is 0 Å². The second kappa shape index (κ2) is 12.1. The highest BCUT2D eigenvalue weighted by Crippen LogP contribution is 2.25. The monoisotopic (exact) mass is 452 g/mol. The lowest BCUT2D eigenvalue weighted by Crippen LogP contribution is -2.49. The first-order valence-corrected chi connectivity index (χ1v) is 11.4. The smallest absolute Gasteiger partial charge is 0.242 e. The summed E-state index contributed by atoms with van der Waals surface area (Å²) in [5.41, 5.74) is 0.767. The minimum atomic E-state index is -0.545. The van der Waals surface area contributed by atoms with E-state index in [2.05, 4.69) is 5.32 Å². The van der Waals surface area contributed by atoms with Crippen LogP contribution in [0, 0.1) is 0 Å². The number of nitrogens with zero attached hydrogens (tertiary/aromatic N) is 1. The van der Waals surface area contributed by atoms with Gasteiger partial charge in [0.05, 0.1) is 0 Å². The van der Waals surface area contributed by atoms with E-state index in [0.717, 1.165) is 10.5 Å². The van der Waals surface area contributed by atoms with Gasteiger partial charge in [-0.15, -0.1) is 11.8 Å². The fraction of sp³-hybridized carbons (Fsp3) is 0.364. The number of benzene rings is 2. The van der Waals surface area contributed by atoms with Gasteiger partial charge in [0.1, 0.15) is 6.04 Å². The maximum absolute atomic E-state index is 13.1. The van der Waals surface area contributed by atoms with Crippen molar-refractivity contribution in [3.05, 3.63) is 64.1 Å². The molecule has 2 amide bonds. The number of carbonyl (C=O) groups is 2. The zero-order valence-electron chi connectivity index (χ0n) is 16.7. The molecule has 0 unspecified atom stereocenters. The molecule has 0 fully saturated rings. The van der Waals surface area contributed by atoms with Crippen molar-refractivity contribution in [3.8, 4) is 0 Å². The van der Waals surface area contributed by atoms with Crippen LogP contribution in [0.1, 0.15) is 32.3 Å². The van der Waals surface area contributed by atoms with Gasteiger partial charge < -0.3 is 10.2 Å². The molecule has 0 radical (unpaired) electrons. The van der Waals surface area contributed by atoms with Gasteiger partial charge >= 0.3 is 0 Å². The second-order valence-corrected chi connectivity index (χ2v) is 8.50. The summed E-state index contributed by atoms with van der Waals surface area (Å²) in [6.45, 7) is 4.55. The molecule has 156 valence electrons. The van der Waals surface area contributed by atoms with E-state index in [1.165, 1.54) is 0 Å². The predicted octanol–water partition coefficient (Wildman–Crippen LogP) is 5.42. The summed E-state index contributed by atoms with van der Waals surface area (Å²) in [6, 6.07) is 14.6. The van der Waals surface area contributed by atoms with Crippen LogP contribution in [0.15, 0.2) is 53.4 Å². The van der Waals surface area contributed by atoms with Crippen molar-refractivity contribution in [2.45, 2.75) is 44.2 Å². The van der Waals surface area contributed by atoms with E-state index >= 15 is 0 Å². The lowest BCUT2D eigenvalue weighted by atomic mass is 10.1. The Labute approximate surface area is 187 Å². The number of carbonyl (C=O) groups excluding carboxylic acids is 2. The zero-order valence-corrected chi connectivity index (χ0v) is 19.0. The van der Waals surface area contributed by atoms with Gasteiger partial charge in [-0.2, -0.15) is 0 Å². The van der Waals surface area contributed by atoms with Crippen LogP contribution in [0.25, 0.3) is 0 Å². The Balaban J connectivity index is 2.15. The molecule has 1 N–H and O–H groups in total. The van der Waals surface area contributed by atoms with E-state index < -0.39 is 6.04 Å². The van der Waals surface area contributed by atoms with Crippen molar-refractivity contribution < 1.29 is 9.59 Å². The van der Waals surface area contributed by atoms with Crippen LogP contribution in [0.5, 0.6) is 0 Å². The number of nitrogens with one attached hydrogen (secondary N) is 1. The van der Waals surface area contributed by atoms with Gasteiger partial charge in [0.25, 0.3) is 0 Å². The number of thioether (sulfide) groups is 1. The molecule has 0 aliphatic rings. The minimum absolute atomic E-state index is 0.0717. The van der Waals surface area contributed by atoms with Crippen LogP contribution in [-0.2, 0) is 16.1 Å². The molecule has 2 aromatic carbocycles. The molecule has 2 rings (SSSR count). The van der Waals surface area contributed by atoms with Crippen molar-refractivity contribution in [1.82, 2.24) is 10.2 Å². The normalized spacial score (nSPS) is 11.7. The van der Waals surface area contributed by atoms with Crippen LogP contribution < -0.4 is 5.32 Å². The maximum atomic E-state index is 13.1. The highest BCUT2D eigenvalue weighted by atomic mass is 35.5. The molecule has 0 saturated carbocycles. The van der Waals surface area contributed by atoms with Crippen molar-refractivity contribution in [2.75, 3.05) is 12.3 Å². The molecule has 0 bridgehead atoms. The molecule has 0 spiro atoms. The Kier molecular flexibility index (Phi) is 9.85. The van der Waals surface area contributed by atoms with Crippen LogP contribution in [0.4, 0.5) is 0 Å². The van der Waals surface area contributed by atoms with Crippen molar-refractivity contribution in [2.24, 2.45) is 0 Å². The Morgan fingerprint density at radius 2 is 1.83 bits per heavy atom. The van der Waals surface area contributed by atoms with Gasteiger partial charge in [0, 0.05) is 40.2 Å². The van der Waals surface area contributed by atoms with Gasteiger partial charge in [0.15, 0.2) is 0 Å². The molecule has 0 heterocycles. The number of hydrogen-bond donors (Lipinski definition) is 1. The average molecular weight is 453 g/mol. The van der Waals surface area contributed by atoms with Crippen molar-refractivity contribution >= 4 is 46.8 Å². The number of rotatable bonds is 10. The fourth-order valence-corrected chi connectivity index (χ4v) is 4.29. The van der Waals surface area contributed by atoms with E-state index in [1.807, 2.05) is 44.2 Å². The van der Waals surface area contributed by atoms with Gasteiger partial charge in [0.2, 0.25) is 11.8 Å². The summed E-state index contributed by atoms with van der Waals surface area (Å²) in [7, 11) is 0. The summed E-state index contributed by atoms with van der Waals surface area (Å²) in [5, 5.41) is 3.85. The summed E-state index contributed by atoms with van der Waals surface area (Å²) >= 11 is 13.9. The maximum Gasteiger partial charge on any atom is 0.242 e. The number of likely N-dealkylation sites (N-methyl/N-ethyl adjacent to an activating group) is 1. The average Bonchev–Trinajstić information content (AvgIpc) is 2.70. The van der Waals surface area contributed by atoms with E-state index in [9.17, 15) is 9.59 Å². The van der Waals surface area contributed by atoms with Gasteiger partial charge in [-0.05, 0) is 43.2 Å². The molecule has 1 atom stereocenters. The lowest BCUT2D eigenvalue weighted by Gasteiger charge is -2.31. The van der Waals surface area contributed by atoms with E-state index in [4.69, 9.17) is 23.2 Å². The molecule has 4 nitrogen and oxygen atoms in total. The molecule has 0 saturated heterocycles. The molecule has 2 aromatic rings. The third-order valence-electron chi connectivity index (χ3n) is 4.42. The Bertz CT molecular complexity index is 818. The second-order valence-electron chi connectivity index (χ2n) is 6.49. The van der Waals surface area contributed by atoms with E-state index in [0.29, 0.717) is 35.2 Å². The topological polar surface area (TPSA) is 49.4 Å². The van der Waals surface area contributed by atoms with E-state index in [-0.39, 0.29) is 18.4 Å². The standard InChI is InChI=1S/C22H26Cl2N2O2S/c1-3-20(22(28)25-4-2)26(15-16-10-11-17(23)14-19(16)24)21(27)12-13-29-18-8-6-5-7-9-18/h5-11,14,20H,3-4,12-13,15H2,1-2H3,(H,25,28)/t20-/m0/s1. The Morgan fingerprint density at radius 3 is 2.45 bits per heavy atom. The molecule has 0 aliphatic heterocycles. The Hall–Kier alpha value is -1.69. The van der Waals surface area contributed by atoms with Gasteiger partial charge in [-0.25, -0.2) is 0 Å². The van der Waals surface area contributed by atoms with Gasteiger partial charge in [-0.1, -0.05) is 54.4 Å². The zero-order chi connectivity index (χ0) is 21.2. The van der Waals surface area contributed by atoms with Crippen LogP contribution in [0.2, 0.25) is 10.0 Å². The third-order valence-corrected chi connectivity index (χ3v) is 6.02. The molecular formula is C22H26Cl2N2O2S. The number of amides is 2. The third kappa shape index (κ3) is 7.25. The minimum Gasteiger partial charge on any atom is -0.355 e. The summed E-state index contributed by atoms with van der Waals surface area (Å²) in [5.74, 6) is 0.418. The highest BCUT2D eigenvalue weighted by molar-refractivity contribution is 7.99. The molecule has 7 heteroatoms. The molecule has 0 aliphatic carbocycles. The molecular weight excluding hydrogens is 427 g/mol.